The Kier molecular flexibility index (Phi) is 5.19. The van der Waals surface area contributed by atoms with E-state index >= 15 is 0 Å². The fraction of sp³-hybridized carbons (Fsp3) is 0.857. The van der Waals surface area contributed by atoms with Crippen molar-refractivity contribution in [1.29, 1.82) is 0 Å². The first-order valence-corrected chi connectivity index (χ1v) is 7.29. The maximum atomic E-state index is 12.3. The van der Waals surface area contributed by atoms with Crippen LogP contribution in [0.5, 0.6) is 0 Å². The van der Waals surface area contributed by atoms with Gasteiger partial charge in [-0.15, -0.1) is 0 Å². The minimum absolute atomic E-state index is 0.111. The third kappa shape index (κ3) is 4.20. The van der Waals surface area contributed by atoms with Gasteiger partial charge in [-0.05, 0) is 44.4 Å². The third-order valence-corrected chi connectivity index (χ3v) is 4.05. The number of carboxylic acid groups (broad SMARTS) is 1. The van der Waals surface area contributed by atoms with E-state index in [0.29, 0.717) is 25.5 Å². The number of amides is 1. The van der Waals surface area contributed by atoms with E-state index in [2.05, 4.69) is 0 Å². The van der Waals surface area contributed by atoms with Crippen LogP contribution in [0.2, 0.25) is 0 Å². The molecule has 5 heteroatoms. The molecular formula is C14H23NO4. The molecule has 5 nitrogen and oxygen atoms in total. The normalized spacial score (nSPS) is 28.1. The molecule has 0 aromatic carbocycles. The van der Waals surface area contributed by atoms with E-state index in [4.69, 9.17) is 9.84 Å². The lowest BCUT2D eigenvalue weighted by Gasteiger charge is -2.35. The Hall–Kier alpha value is -1.10. The Morgan fingerprint density at radius 2 is 2.05 bits per heavy atom. The topological polar surface area (TPSA) is 66.8 Å². The summed E-state index contributed by atoms with van der Waals surface area (Å²) in [4.78, 5) is 24.8. The number of hydrogen-bond acceptors (Lipinski definition) is 3. The molecular weight excluding hydrogens is 246 g/mol. The SMILES string of the molecule is O=C(O)CC[C@H]1CCCN(C(=O)[C@@H]2CCCCO2)C1. The standard InChI is InChI=1S/C14H23NO4/c16-13(17)7-6-11-4-3-8-15(10-11)14(18)12-5-1-2-9-19-12/h11-12H,1-10H2,(H,16,17)/t11-,12+/m1/s1. The smallest absolute Gasteiger partial charge is 0.303 e. The molecule has 0 aromatic rings. The second-order valence-electron chi connectivity index (χ2n) is 5.58. The van der Waals surface area contributed by atoms with Crippen LogP contribution >= 0.6 is 0 Å². The number of carbonyl (C=O) groups excluding carboxylic acids is 1. The Morgan fingerprint density at radius 1 is 1.21 bits per heavy atom. The Labute approximate surface area is 113 Å². The van der Waals surface area contributed by atoms with Gasteiger partial charge in [0, 0.05) is 26.1 Å². The van der Waals surface area contributed by atoms with Gasteiger partial charge in [0.25, 0.3) is 5.91 Å². The second kappa shape index (κ2) is 6.89. The van der Waals surface area contributed by atoms with Gasteiger partial charge in [-0.3, -0.25) is 9.59 Å². The number of rotatable bonds is 4. The molecule has 2 fully saturated rings. The van der Waals surface area contributed by atoms with Crippen molar-refractivity contribution in [1.82, 2.24) is 4.90 Å². The van der Waals surface area contributed by atoms with Crippen molar-refractivity contribution in [3.05, 3.63) is 0 Å². The first-order chi connectivity index (χ1) is 9.16. The number of aliphatic carboxylic acids is 1. The lowest BCUT2D eigenvalue weighted by atomic mass is 9.93. The summed E-state index contributed by atoms with van der Waals surface area (Å²) in [6.45, 7) is 2.18. The van der Waals surface area contributed by atoms with Gasteiger partial charge in [0.15, 0.2) is 0 Å². The van der Waals surface area contributed by atoms with Gasteiger partial charge in [0.2, 0.25) is 0 Å². The van der Waals surface area contributed by atoms with Gasteiger partial charge in [0.1, 0.15) is 6.10 Å². The molecule has 0 bridgehead atoms. The van der Waals surface area contributed by atoms with Gasteiger partial charge < -0.3 is 14.7 Å². The minimum atomic E-state index is -0.751. The summed E-state index contributed by atoms with van der Waals surface area (Å²) in [5, 5.41) is 8.72. The lowest BCUT2D eigenvalue weighted by Crippen LogP contribution is -2.46. The molecule has 0 aliphatic carbocycles. The molecule has 0 saturated carbocycles. The first-order valence-electron chi connectivity index (χ1n) is 7.29. The predicted octanol–water partition coefficient (Wildman–Crippen LogP) is 1.66. The first kappa shape index (κ1) is 14.3. The van der Waals surface area contributed by atoms with Gasteiger partial charge in [-0.2, -0.15) is 0 Å². The summed E-state index contributed by atoms with van der Waals surface area (Å²) >= 11 is 0. The van der Waals surface area contributed by atoms with E-state index in [1.165, 1.54) is 0 Å². The molecule has 19 heavy (non-hydrogen) atoms. The molecule has 2 aliphatic rings. The molecule has 0 unspecified atom stereocenters. The zero-order valence-corrected chi connectivity index (χ0v) is 11.3. The largest absolute Gasteiger partial charge is 0.481 e. The molecule has 0 radical (unpaired) electrons. The maximum Gasteiger partial charge on any atom is 0.303 e. The van der Waals surface area contributed by atoms with E-state index in [-0.39, 0.29) is 18.4 Å². The van der Waals surface area contributed by atoms with Crippen LogP contribution in [0.25, 0.3) is 0 Å². The average Bonchev–Trinajstić information content (AvgIpc) is 2.45. The number of likely N-dealkylation sites (tertiary alicyclic amines) is 1. The average molecular weight is 269 g/mol. The van der Waals surface area contributed by atoms with Crippen LogP contribution in [-0.2, 0) is 14.3 Å². The van der Waals surface area contributed by atoms with Gasteiger partial charge in [-0.1, -0.05) is 0 Å². The summed E-state index contributed by atoms with van der Waals surface area (Å²) in [5.41, 5.74) is 0. The van der Waals surface area contributed by atoms with E-state index in [0.717, 1.165) is 38.6 Å². The number of ether oxygens (including phenoxy) is 1. The molecule has 2 aliphatic heterocycles. The molecule has 2 atom stereocenters. The Balaban J connectivity index is 1.82. The predicted molar refractivity (Wildman–Crippen MR) is 69.8 cm³/mol. The van der Waals surface area contributed by atoms with E-state index < -0.39 is 5.97 Å². The highest BCUT2D eigenvalue weighted by Gasteiger charge is 2.30. The number of hydrogen-bond donors (Lipinski definition) is 1. The highest BCUT2D eigenvalue weighted by Crippen LogP contribution is 2.23. The minimum Gasteiger partial charge on any atom is -0.481 e. The van der Waals surface area contributed by atoms with Crippen LogP contribution in [0.3, 0.4) is 0 Å². The zero-order chi connectivity index (χ0) is 13.7. The van der Waals surface area contributed by atoms with Crippen LogP contribution < -0.4 is 0 Å². The van der Waals surface area contributed by atoms with Crippen LogP contribution in [0, 0.1) is 5.92 Å². The zero-order valence-electron chi connectivity index (χ0n) is 11.3. The molecule has 0 spiro atoms. The Bertz CT molecular complexity index is 325. The van der Waals surface area contributed by atoms with Crippen molar-refractivity contribution in [2.45, 2.75) is 51.0 Å². The number of carboxylic acids is 1. The van der Waals surface area contributed by atoms with Gasteiger partial charge in [0.05, 0.1) is 0 Å². The second-order valence-corrected chi connectivity index (χ2v) is 5.58. The van der Waals surface area contributed by atoms with Crippen molar-refractivity contribution < 1.29 is 19.4 Å². The highest BCUT2D eigenvalue weighted by atomic mass is 16.5. The molecule has 2 heterocycles. The van der Waals surface area contributed by atoms with Crippen molar-refractivity contribution in [2.24, 2.45) is 5.92 Å². The third-order valence-electron chi connectivity index (χ3n) is 4.05. The maximum absolute atomic E-state index is 12.3. The molecule has 2 rings (SSSR count). The quantitative estimate of drug-likeness (QED) is 0.843. The number of piperidine rings is 1. The monoisotopic (exact) mass is 269 g/mol. The fourth-order valence-corrected chi connectivity index (χ4v) is 2.97. The Morgan fingerprint density at radius 3 is 2.74 bits per heavy atom. The number of carbonyl (C=O) groups is 2. The van der Waals surface area contributed by atoms with Gasteiger partial charge in [-0.25, -0.2) is 0 Å². The molecule has 0 aromatic heterocycles. The van der Waals surface area contributed by atoms with E-state index in [1.54, 1.807) is 0 Å². The fourth-order valence-electron chi connectivity index (χ4n) is 2.97. The molecule has 2 saturated heterocycles. The summed E-state index contributed by atoms with van der Waals surface area (Å²) in [6.07, 6.45) is 5.56. The highest BCUT2D eigenvalue weighted by molar-refractivity contribution is 5.81. The summed E-state index contributed by atoms with van der Waals surface area (Å²) in [5.74, 6) is -0.309. The summed E-state index contributed by atoms with van der Waals surface area (Å²) < 4.78 is 5.54. The van der Waals surface area contributed by atoms with E-state index in [9.17, 15) is 9.59 Å². The van der Waals surface area contributed by atoms with Crippen LogP contribution in [-0.4, -0.2) is 47.7 Å². The summed E-state index contributed by atoms with van der Waals surface area (Å²) in [6, 6.07) is 0. The lowest BCUT2D eigenvalue weighted by molar-refractivity contribution is -0.148. The van der Waals surface area contributed by atoms with Crippen molar-refractivity contribution in [3.63, 3.8) is 0 Å². The van der Waals surface area contributed by atoms with Crippen LogP contribution in [0.4, 0.5) is 0 Å². The molecule has 108 valence electrons. The van der Waals surface area contributed by atoms with E-state index in [1.807, 2.05) is 4.90 Å². The van der Waals surface area contributed by atoms with Gasteiger partial charge >= 0.3 is 5.97 Å². The van der Waals surface area contributed by atoms with Crippen LogP contribution in [0.15, 0.2) is 0 Å². The van der Waals surface area contributed by atoms with Crippen molar-refractivity contribution >= 4 is 11.9 Å². The molecule has 1 amide bonds. The molecule has 1 N–H and O–H groups in total. The summed E-state index contributed by atoms with van der Waals surface area (Å²) in [7, 11) is 0. The number of nitrogens with zero attached hydrogens (tertiary/aromatic N) is 1. The van der Waals surface area contributed by atoms with Crippen molar-refractivity contribution in [2.75, 3.05) is 19.7 Å². The van der Waals surface area contributed by atoms with Crippen LogP contribution in [0.1, 0.15) is 44.9 Å². The van der Waals surface area contributed by atoms with Crippen molar-refractivity contribution in [3.8, 4) is 0 Å².